The molecule has 216 valence electrons. The molecule has 41 heavy (non-hydrogen) atoms. The van der Waals surface area contributed by atoms with E-state index < -0.39 is 51.3 Å². The number of hydrogen-bond donors (Lipinski definition) is 1. The van der Waals surface area contributed by atoms with Crippen molar-refractivity contribution in [2.45, 2.75) is 56.7 Å². The van der Waals surface area contributed by atoms with Gasteiger partial charge in [0.15, 0.2) is 0 Å². The number of nitrogens with zero attached hydrogens (tertiary/aromatic N) is 3. The Kier molecular flexibility index (Phi) is 8.55. The maximum atomic E-state index is 14.6. The SMILES string of the molecule is O=C(NC1CCCCC1)[C@@H](c1ccccc1Cl)N(C(=O)[C@@H]1CCS(=O)(=O)N1c1cc(F)ccn1)c1cccc(F)c1. The smallest absolute Gasteiger partial charge is 0.252 e. The predicted molar refractivity (Wildman–Crippen MR) is 152 cm³/mol. The zero-order chi connectivity index (χ0) is 29.1. The molecule has 0 bridgehead atoms. The summed E-state index contributed by atoms with van der Waals surface area (Å²) in [6.07, 6.45) is 5.46. The number of benzene rings is 2. The van der Waals surface area contributed by atoms with Crippen LogP contribution in [0.3, 0.4) is 0 Å². The zero-order valence-electron chi connectivity index (χ0n) is 22.0. The highest BCUT2D eigenvalue weighted by atomic mass is 35.5. The van der Waals surface area contributed by atoms with Crippen LogP contribution >= 0.6 is 11.6 Å². The third kappa shape index (κ3) is 6.20. The summed E-state index contributed by atoms with van der Waals surface area (Å²) in [6, 6.07) is 10.8. The van der Waals surface area contributed by atoms with Gasteiger partial charge in [-0.15, -0.1) is 0 Å². The van der Waals surface area contributed by atoms with Crippen LogP contribution in [0, 0.1) is 11.6 Å². The summed E-state index contributed by atoms with van der Waals surface area (Å²) in [6.45, 7) is 0. The monoisotopic (exact) mass is 602 g/mol. The number of nitrogens with one attached hydrogen (secondary N) is 1. The first-order chi connectivity index (χ1) is 19.7. The van der Waals surface area contributed by atoms with E-state index in [0.717, 1.165) is 65.7 Å². The van der Waals surface area contributed by atoms with Gasteiger partial charge in [-0.3, -0.25) is 14.5 Å². The second kappa shape index (κ2) is 12.1. The molecule has 2 amide bonds. The number of carbonyl (C=O) groups excluding carboxylic acids is 2. The summed E-state index contributed by atoms with van der Waals surface area (Å²) in [7, 11) is -4.06. The minimum atomic E-state index is -4.06. The Morgan fingerprint density at radius 3 is 2.41 bits per heavy atom. The third-order valence-corrected chi connectivity index (χ3v) is 9.57. The Balaban J connectivity index is 1.64. The first-order valence-electron chi connectivity index (χ1n) is 13.4. The van der Waals surface area contributed by atoms with Crippen LogP contribution in [-0.2, 0) is 19.6 Å². The molecule has 1 aliphatic heterocycles. The Morgan fingerprint density at radius 1 is 0.976 bits per heavy atom. The van der Waals surface area contributed by atoms with Crippen molar-refractivity contribution in [2.75, 3.05) is 15.0 Å². The minimum Gasteiger partial charge on any atom is -0.351 e. The molecule has 2 atom stereocenters. The van der Waals surface area contributed by atoms with E-state index >= 15 is 0 Å². The first kappa shape index (κ1) is 28.9. The molecule has 2 heterocycles. The number of pyridine rings is 1. The normalized spacial score (nSPS) is 19.5. The summed E-state index contributed by atoms with van der Waals surface area (Å²) in [4.78, 5) is 33.6. The van der Waals surface area contributed by atoms with Gasteiger partial charge in [0.05, 0.1) is 5.75 Å². The maximum absolute atomic E-state index is 14.6. The fraction of sp³-hybridized carbons (Fsp3) is 0.345. The number of sulfonamides is 1. The van der Waals surface area contributed by atoms with E-state index in [1.807, 2.05) is 0 Å². The van der Waals surface area contributed by atoms with Gasteiger partial charge in [-0.2, -0.15) is 0 Å². The summed E-state index contributed by atoms with van der Waals surface area (Å²) in [5, 5.41) is 3.24. The Hall–Kier alpha value is -3.57. The van der Waals surface area contributed by atoms with Crippen LogP contribution < -0.4 is 14.5 Å². The summed E-state index contributed by atoms with van der Waals surface area (Å²) >= 11 is 6.57. The van der Waals surface area contributed by atoms with E-state index in [9.17, 15) is 26.8 Å². The molecule has 1 aliphatic carbocycles. The second-order valence-corrected chi connectivity index (χ2v) is 12.6. The van der Waals surface area contributed by atoms with Gasteiger partial charge in [-0.05, 0) is 49.6 Å². The van der Waals surface area contributed by atoms with Gasteiger partial charge >= 0.3 is 0 Å². The molecular formula is C29H29ClF2N4O4S. The summed E-state index contributed by atoms with van der Waals surface area (Å²) in [5.74, 6) is -3.38. The van der Waals surface area contributed by atoms with Crippen LogP contribution in [0.2, 0.25) is 5.02 Å². The fourth-order valence-electron chi connectivity index (χ4n) is 5.52. The average Bonchev–Trinajstić information content (AvgIpc) is 3.27. The van der Waals surface area contributed by atoms with Gasteiger partial charge < -0.3 is 5.32 Å². The molecule has 1 saturated heterocycles. The molecule has 12 heteroatoms. The number of halogens is 3. The van der Waals surface area contributed by atoms with Crippen molar-refractivity contribution in [2.24, 2.45) is 0 Å². The number of hydrogen-bond acceptors (Lipinski definition) is 5. The zero-order valence-corrected chi connectivity index (χ0v) is 23.6. The number of aromatic nitrogens is 1. The molecule has 8 nitrogen and oxygen atoms in total. The van der Waals surface area contributed by atoms with E-state index in [1.54, 1.807) is 24.3 Å². The Labute approximate surface area is 242 Å². The molecule has 1 aromatic heterocycles. The number of carbonyl (C=O) groups is 2. The van der Waals surface area contributed by atoms with E-state index in [4.69, 9.17) is 11.6 Å². The lowest BCUT2D eigenvalue weighted by Crippen LogP contribution is -2.53. The highest BCUT2D eigenvalue weighted by Gasteiger charge is 2.47. The molecular weight excluding hydrogens is 574 g/mol. The lowest BCUT2D eigenvalue weighted by molar-refractivity contribution is -0.127. The van der Waals surface area contributed by atoms with Crippen LogP contribution in [0.1, 0.15) is 50.1 Å². The van der Waals surface area contributed by atoms with Crippen molar-refractivity contribution in [1.82, 2.24) is 10.3 Å². The standard InChI is InChI=1S/C29H29ClF2N4O4S/c30-24-12-5-4-11-23(24)27(28(37)34-21-8-2-1-3-9-21)35(22-10-6-7-19(31)17-22)29(38)25-14-16-41(39,40)36(25)26-18-20(32)13-15-33-26/h4-7,10-13,15,17-18,21,25,27H,1-3,8-9,14,16H2,(H,34,37)/t25-,27+/m0/s1. The topological polar surface area (TPSA) is 99.7 Å². The van der Waals surface area contributed by atoms with Crippen LogP contribution in [-0.4, -0.2) is 43.1 Å². The van der Waals surface area contributed by atoms with Gasteiger partial charge in [0.2, 0.25) is 15.9 Å². The molecule has 0 spiro atoms. The van der Waals surface area contributed by atoms with Crippen LogP contribution in [0.15, 0.2) is 66.9 Å². The lowest BCUT2D eigenvalue weighted by atomic mass is 9.94. The molecule has 1 saturated carbocycles. The second-order valence-electron chi connectivity index (χ2n) is 10.2. The van der Waals surface area contributed by atoms with Crippen molar-refractivity contribution in [3.63, 3.8) is 0 Å². The van der Waals surface area contributed by atoms with Crippen LogP contribution in [0.5, 0.6) is 0 Å². The van der Waals surface area contributed by atoms with Crippen molar-refractivity contribution < 1.29 is 26.8 Å². The number of rotatable bonds is 7. The van der Waals surface area contributed by atoms with Crippen molar-refractivity contribution >= 4 is 44.9 Å². The number of amides is 2. The maximum Gasteiger partial charge on any atom is 0.252 e. The predicted octanol–water partition coefficient (Wildman–Crippen LogP) is 5.15. The quantitative estimate of drug-likeness (QED) is 0.403. The van der Waals surface area contributed by atoms with Crippen LogP contribution in [0.25, 0.3) is 0 Å². The fourth-order valence-corrected chi connectivity index (χ4v) is 7.45. The largest absolute Gasteiger partial charge is 0.351 e. The highest BCUT2D eigenvalue weighted by Crippen LogP contribution is 2.37. The molecule has 1 N–H and O–H groups in total. The highest BCUT2D eigenvalue weighted by molar-refractivity contribution is 7.93. The Bertz CT molecular complexity index is 1550. The van der Waals surface area contributed by atoms with Crippen molar-refractivity contribution in [3.8, 4) is 0 Å². The number of anilines is 2. The molecule has 2 aliphatic rings. The lowest BCUT2D eigenvalue weighted by Gasteiger charge is -2.36. The average molecular weight is 603 g/mol. The Morgan fingerprint density at radius 2 is 1.71 bits per heavy atom. The van der Waals surface area contributed by atoms with Gasteiger partial charge in [0, 0.05) is 34.6 Å². The van der Waals surface area contributed by atoms with Gasteiger partial charge in [0.25, 0.3) is 5.91 Å². The summed E-state index contributed by atoms with van der Waals surface area (Å²) in [5.41, 5.74) is 0.325. The van der Waals surface area contributed by atoms with E-state index in [0.29, 0.717) is 0 Å². The minimum absolute atomic E-state index is 0.0372. The molecule has 0 radical (unpaired) electrons. The summed E-state index contributed by atoms with van der Waals surface area (Å²) < 4.78 is 55.7. The van der Waals surface area contributed by atoms with E-state index in [-0.39, 0.29) is 34.6 Å². The first-order valence-corrected chi connectivity index (χ1v) is 15.4. The molecule has 3 aromatic rings. The molecule has 2 aromatic carbocycles. The van der Waals surface area contributed by atoms with E-state index in [2.05, 4.69) is 10.3 Å². The molecule has 5 rings (SSSR count). The van der Waals surface area contributed by atoms with Crippen molar-refractivity contribution in [3.05, 3.63) is 89.1 Å². The van der Waals surface area contributed by atoms with Crippen molar-refractivity contribution in [1.29, 1.82) is 0 Å². The van der Waals surface area contributed by atoms with Gasteiger partial charge in [-0.25, -0.2) is 26.5 Å². The third-order valence-electron chi connectivity index (χ3n) is 7.43. The van der Waals surface area contributed by atoms with Crippen LogP contribution in [0.4, 0.5) is 20.3 Å². The van der Waals surface area contributed by atoms with E-state index in [1.165, 1.54) is 18.2 Å². The molecule has 0 unspecified atom stereocenters. The molecule has 2 fully saturated rings. The van der Waals surface area contributed by atoms with Gasteiger partial charge in [0.1, 0.15) is 29.5 Å². The van der Waals surface area contributed by atoms with Gasteiger partial charge in [-0.1, -0.05) is 55.1 Å².